The number of hydrogen-bond acceptors (Lipinski definition) is 5. The number of carbonyl (C=O) groups is 1. The fraction of sp³-hybridized carbons (Fsp3) is 0.455. The van der Waals surface area contributed by atoms with Crippen LogP contribution >= 0.6 is 0 Å². The Kier molecular flexibility index (Phi) is 4.40. The van der Waals surface area contributed by atoms with Crippen molar-refractivity contribution in [1.82, 2.24) is 10.2 Å². The number of nitrogens with two attached hydrogens (primary N) is 1. The molecule has 1 heterocycles. The fourth-order valence-corrected chi connectivity index (χ4v) is 1.42. The summed E-state index contributed by atoms with van der Waals surface area (Å²) in [5, 5.41) is 16.3. The van der Waals surface area contributed by atoms with Crippen LogP contribution in [0, 0.1) is 11.3 Å². The van der Waals surface area contributed by atoms with Gasteiger partial charge in [0, 0.05) is 12.6 Å². The number of nitrogens with zero attached hydrogens (tertiary/aromatic N) is 4. The van der Waals surface area contributed by atoms with E-state index in [2.05, 4.69) is 16.3 Å². The molecule has 0 unspecified atom stereocenters. The first-order valence-electron chi connectivity index (χ1n) is 5.33. The zero-order valence-electron chi connectivity index (χ0n) is 9.92. The van der Waals surface area contributed by atoms with Gasteiger partial charge in [-0.2, -0.15) is 5.26 Å². The second-order valence-electron chi connectivity index (χ2n) is 3.84. The molecule has 0 aromatic carbocycles. The topological polar surface area (TPSA) is 95.9 Å². The molecule has 2 N–H and O–H groups in total. The Bertz CT molecular complexity index is 420. The highest BCUT2D eigenvalue weighted by Crippen LogP contribution is 2.13. The Morgan fingerprint density at radius 2 is 2.24 bits per heavy atom. The highest BCUT2D eigenvalue weighted by Gasteiger charge is 2.12. The largest absolute Gasteiger partial charge is 0.364 e. The summed E-state index contributed by atoms with van der Waals surface area (Å²) in [7, 11) is 0. The lowest BCUT2D eigenvalue weighted by Crippen LogP contribution is -2.32. The molecule has 0 aliphatic carbocycles. The van der Waals surface area contributed by atoms with Crippen LogP contribution in [-0.2, 0) is 0 Å². The Labute approximate surface area is 100 Å². The van der Waals surface area contributed by atoms with Crippen LogP contribution in [0.2, 0.25) is 0 Å². The van der Waals surface area contributed by atoms with Crippen molar-refractivity contribution < 1.29 is 4.79 Å². The number of hydrogen-bond donors (Lipinski definition) is 1. The monoisotopic (exact) mass is 233 g/mol. The number of nitriles is 1. The maximum Gasteiger partial charge on any atom is 0.269 e. The summed E-state index contributed by atoms with van der Waals surface area (Å²) < 4.78 is 0. The van der Waals surface area contributed by atoms with Crippen molar-refractivity contribution in [3.63, 3.8) is 0 Å². The molecule has 0 aliphatic heterocycles. The van der Waals surface area contributed by atoms with Crippen molar-refractivity contribution in [3.05, 3.63) is 17.8 Å². The zero-order valence-corrected chi connectivity index (χ0v) is 9.92. The predicted octanol–water partition coefficient (Wildman–Crippen LogP) is 0.704. The first-order valence-corrected chi connectivity index (χ1v) is 5.33. The molecule has 1 aromatic heterocycles. The molecular weight excluding hydrogens is 218 g/mol. The van der Waals surface area contributed by atoms with Gasteiger partial charge >= 0.3 is 0 Å². The second kappa shape index (κ2) is 5.80. The van der Waals surface area contributed by atoms with Crippen molar-refractivity contribution in [3.8, 4) is 6.07 Å². The predicted molar refractivity (Wildman–Crippen MR) is 63.3 cm³/mol. The lowest BCUT2D eigenvalue weighted by molar-refractivity contribution is 0.0994. The molecule has 0 saturated carbocycles. The van der Waals surface area contributed by atoms with Crippen LogP contribution in [0.15, 0.2) is 12.1 Å². The maximum atomic E-state index is 10.9. The molecule has 6 heteroatoms. The zero-order chi connectivity index (χ0) is 12.8. The van der Waals surface area contributed by atoms with E-state index in [1.165, 1.54) is 6.07 Å². The van der Waals surface area contributed by atoms with Gasteiger partial charge in [0.25, 0.3) is 5.91 Å². The minimum absolute atomic E-state index is 0.137. The van der Waals surface area contributed by atoms with Gasteiger partial charge in [-0.1, -0.05) is 0 Å². The van der Waals surface area contributed by atoms with E-state index >= 15 is 0 Å². The smallest absolute Gasteiger partial charge is 0.269 e. The maximum absolute atomic E-state index is 10.9. The number of aromatic nitrogens is 2. The standard InChI is InChI=1S/C11H15N5O/c1-8(2)16(7-3-6-12)10-5-4-9(11(13)17)14-15-10/h4-5,8H,3,7H2,1-2H3,(H2,13,17). The summed E-state index contributed by atoms with van der Waals surface area (Å²) in [5.41, 5.74) is 5.22. The molecular formula is C11H15N5O. The van der Waals surface area contributed by atoms with Crippen molar-refractivity contribution in [2.75, 3.05) is 11.4 Å². The first kappa shape index (κ1) is 12.9. The Balaban J connectivity index is 2.88. The van der Waals surface area contributed by atoms with E-state index in [1.807, 2.05) is 18.7 Å². The molecule has 0 radical (unpaired) electrons. The molecule has 1 amide bonds. The molecule has 17 heavy (non-hydrogen) atoms. The summed E-state index contributed by atoms with van der Waals surface area (Å²) in [4.78, 5) is 12.8. The highest BCUT2D eigenvalue weighted by molar-refractivity contribution is 5.90. The average Bonchev–Trinajstić information content (AvgIpc) is 2.29. The van der Waals surface area contributed by atoms with Crippen LogP contribution in [-0.4, -0.2) is 28.7 Å². The van der Waals surface area contributed by atoms with Crippen LogP contribution < -0.4 is 10.6 Å². The van der Waals surface area contributed by atoms with E-state index in [4.69, 9.17) is 11.0 Å². The summed E-state index contributed by atoms with van der Waals surface area (Å²) >= 11 is 0. The third-order valence-corrected chi connectivity index (χ3v) is 2.29. The molecule has 0 spiro atoms. The SMILES string of the molecule is CC(C)N(CCC#N)c1ccc(C(N)=O)nn1. The van der Waals surface area contributed by atoms with Crippen molar-refractivity contribution in [2.45, 2.75) is 26.3 Å². The van der Waals surface area contributed by atoms with Gasteiger partial charge in [0.15, 0.2) is 11.5 Å². The van der Waals surface area contributed by atoms with Crippen LogP contribution in [0.25, 0.3) is 0 Å². The van der Waals surface area contributed by atoms with E-state index in [9.17, 15) is 4.79 Å². The number of amides is 1. The molecule has 0 fully saturated rings. The molecule has 0 bridgehead atoms. The normalized spacial score (nSPS) is 10.0. The van der Waals surface area contributed by atoms with Gasteiger partial charge < -0.3 is 10.6 Å². The van der Waals surface area contributed by atoms with E-state index < -0.39 is 5.91 Å². The van der Waals surface area contributed by atoms with Crippen molar-refractivity contribution in [1.29, 1.82) is 5.26 Å². The highest BCUT2D eigenvalue weighted by atomic mass is 16.1. The Morgan fingerprint density at radius 1 is 1.53 bits per heavy atom. The Morgan fingerprint density at radius 3 is 2.65 bits per heavy atom. The fourth-order valence-electron chi connectivity index (χ4n) is 1.42. The third kappa shape index (κ3) is 3.41. The number of primary amides is 1. The average molecular weight is 233 g/mol. The summed E-state index contributed by atoms with van der Waals surface area (Å²) in [6, 6.07) is 5.51. The molecule has 90 valence electrons. The van der Waals surface area contributed by atoms with E-state index in [1.54, 1.807) is 6.07 Å². The van der Waals surface area contributed by atoms with Crippen LogP contribution in [0.5, 0.6) is 0 Å². The van der Waals surface area contributed by atoms with Crippen LogP contribution in [0.3, 0.4) is 0 Å². The van der Waals surface area contributed by atoms with Gasteiger partial charge in [0.2, 0.25) is 0 Å². The van der Waals surface area contributed by atoms with E-state index in [0.717, 1.165) is 0 Å². The van der Waals surface area contributed by atoms with Crippen molar-refractivity contribution in [2.24, 2.45) is 5.73 Å². The molecule has 0 saturated heterocycles. The van der Waals surface area contributed by atoms with Crippen LogP contribution in [0.4, 0.5) is 5.82 Å². The second-order valence-corrected chi connectivity index (χ2v) is 3.84. The summed E-state index contributed by atoms with van der Waals surface area (Å²) in [6.07, 6.45) is 0.414. The minimum atomic E-state index is -0.600. The quantitative estimate of drug-likeness (QED) is 0.807. The molecule has 0 aliphatic rings. The molecule has 1 aromatic rings. The number of rotatable bonds is 5. The lowest BCUT2D eigenvalue weighted by atomic mass is 10.2. The summed E-state index contributed by atoms with van der Waals surface area (Å²) in [5.74, 6) is 0.0393. The lowest BCUT2D eigenvalue weighted by Gasteiger charge is -2.26. The molecule has 1 rings (SSSR count). The number of anilines is 1. The van der Waals surface area contributed by atoms with Crippen LogP contribution in [0.1, 0.15) is 30.8 Å². The van der Waals surface area contributed by atoms with Gasteiger partial charge in [0.05, 0.1) is 12.5 Å². The molecule has 0 atom stereocenters. The number of carbonyl (C=O) groups excluding carboxylic acids is 1. The molecule has 6 nitrogen and oxygen atoms in total. The van der Waals surface area contributed by atoms with Gasteiger partial charge in [-0.3, -0.25) is 4.79 Å². The first-order chi connectivity index (χ1) is 8.06. The van der Waals surface area contributed by atoms with Gasteiger partial charge in [-0.15, -0.1) is 10.2 Å². The minimum Gasteiger partial charge on any atom is -0.364 e. The Hall–Kier alpha value is -2.16. The summed E-state index contributed by atoms with van der Waals surface area (Å²) in [6.45, 7) is 4.58. The van der Waals surface area contributed by atoms with Gasteiger partial charge in [-0.05, 0) is 26.0 Å². The van der Waals surface area contributed by atoms with Gasteiger partial charge in [0.1, 0.15) is 0 Å². The van der Waals surface area contributed by atoms with Crippen molar-refractivity contribution >= 4 is 11.7 Å². The van der Waals surface area contributed by atoms with E-state index in [0.29, 0.717) is 18.8 Å². The third-order valence-electron chi connectivity index (χ3n) is 2.29. The van der Waals surface area contributed by atoms with Gasteiger partial charge in [-0.25, -0.2) is 0 Å². The van der Waals surface area contributed by atoms with E-state index in [-0.39, 0.29) is 11.7 Å².